The molecule has 0 saturated heterocycles. The third kappa shape index (κ3) is 3.57. The summed E-state index contributed by atoms with van der Waals surface area (Å²) < 4.78 is 5.25. The highest BCUT2D eigenvalue weighted by atomic mass is 16.5. The van der Waals surface area contributed by atoms with E-state index in [4.69, 9.17) is 4.74 Å². The summed E-state index contributed by atoms with van der Waals surface area (Å²) in [5, 5.41) is 0.627. The molecule has 0 bridgehead atoms. The average Bonchev–Trinajstić information content (AvgIpc) is 2.55. The first-order valence-corrected chi connectivity index (χ1v) is 7.58. The van der Waals surface area contributed by atoms with Crippen molar-refractivity contribution in [3.05, 3.63) is 70.3 Å². The van der Waals surface area contributed by atoms with Crippen LogP contribution in [0.1, 0.15) is 11.4 Å². The van der Waals surface area contributed by atoms with Crippen molar-refractivity contribution in [2.24, 2.45) is 0 Å². The molecule has 0 aliphatic carbocycles. The van der Waals surface area contributed by atoms with Crippen LogP contribution in [-0.2, 0) is 13.1 Å². The molecule has 2 aromatic carbocycles. The van der Waals surface area contributed by atoms with E-state index in [2.05, 4.69) is 23.1 Å². The summed E-state index contributed by atoms with van der Waals surface area (Å²) in [6.45, 7) is 1.48. The van der Waals surface area contributed by atoms with E-state index in [1.54, 1.807) is 13.2 Å². The largest absolute Gasteiger partial charge is 0.497 e. The Morgan fingerprint density at radius 3 is 2.78 bits per heavy atom. The fraction of sp³-hybridized carbons (Fsp3) is 0.222. The van der Waals surface area contributed by atoms with Gasteiger partial charge in [-0.1, -0.05) is 24.3 Å². The maximum Gasteiger partial charge on any atom is 0.258 e. The summed E-state index contributed by atoms with van der Waals surface area (Å²) in [6.07, 6.45) is 0. The highest BCUT2D eigenvalue weighted by molar-refractivity contribution is 5.77. The van der Waals surface area contributed by atoms with Gasteiger partial charge >= 0.3 is 0 Å². The first-order chi connectivity index (χ1) is 11.2. The molecule has 2 N–H and O–H groups in total. The highest BCUT2D eigenvalue weighted by Gasteiger charge is 2.10. The molecule has 0 radical (unpaired) electrons. The van der Waals surface area contributed by atoms with Crippen molar-refractivity contribution in [3.8, 4) is 5.75 Å². The number of benzene rings is 2. The molecule has 5 nitrogen and oxygen atoms in total. The quantitative estimate of drug-likeness (QED) is 0.743. The molecule has 1 unspecified atom stereocenters. The molecule has 1 aromatic heterocycles. The molecule has 0 saturated carbocycles. The summed E-state index contributed by atoms with van der Waals surface area (Å²) >= 11 is 0. The lowest BCUT2D eigenvalue weighted by atomic mass is 10.2. The Hall–Kier alpha value is -2.66. The van der Waals surface area contributed by atoms with Gasteiger partial charge in [-0.2, -0.15) is 0 Å². The molecule has 3 rings (SSSR count). The highest BCUT2D eigenvalue weighted by Crippen LogP contribution is 2.11. The van der Waals surface area contributed by atoms with Crippen LogP contribution in [0.2, 0.25) is 0 Å². The SMILES string of the molecule is COc1cccc(C[NH+](C)Cc2nc3ccccc3c(=O)[nH]2)c1. The second-order valence-electron chi connectivity index (χ2n) is 5.69. The van der Waals surface area contributed by atoms with Gasteiger partial charge in [0.25, 0.3) is 5.56 Å². The number of quaternary nitrogens is 1. The van der Waals surface area contributed by atoms with Gasteiger partial charge in [-0.15, -0.1) is 0 Å². The first-order valence-electron chi connectivity index (χ1n) is 7.58. The van der Waals surface area contributed by atoms with E-state index in [1.807, 2.05) is 36.4 Å². The van der Waals surface area contributed by atoms with Gasteiger partial charge in [-0.05, 0) is 24.3 Å². The van der Waals surface area contributed by atoms with Crippen molar-refractivity contribution < 1.29 is 9.64 Å². The minimum Gasteiger partial charge on any atom is -0.497 e. The standard InChI is InChI=1S/C18H19N3O2/c1-21(11-13-6-5-7-14(10-13)23-2)12-17-19-16-9-4-3-8-15(16)18(22)20-17/h3-10H,11-12H2,1-2H3,(H,19,20,22)/p+1. The minimum atomic E-state index is -0.0835. The lowest BCUT2D eigenvalue weighted by molar-refractivity contribution is -0.908. The van der Waals surface area contributed by atoms with Crippen LogP contribution in [0.3, 0.4) is 0 Å². The Bertz CT molecular complexity index is 873. The molecule has 0 spiro atoms. The predicted octanol–water partition coefficient (Wildman–Crippen LogP) is 1.15. The number of hydrogen-bond acceptors (Lipinski definition) is 3. The first kappa shape index (κ1) is 15.2. The van der Waals surface area contributed by atoms with Crippen molar-refractivity contribution in [2.45, 2.75) is 13.1 Å². The average molecular weight is 310 g/mol. The van der Waals surface area contributed by atoms with Gasteiger partial charge in [0.2, 0.25) is 0 Å². The van der Waals surface area contributed by atoms with Gasteiger partial charge in [0, 0.05) is 5.56 Å². The molecule has 0 aliphatic rings. The van der Waals surface area contributed by atoms with Crippen molar-refractivity contribution in [2.75, 3.05) is 14.2 Å². The van der Waals surface area contributed by atoms with Crippen LogP contribution in [-0.4, -0.2) is 24.1 Å². The molecule has 0 fully saturated rings. The van der Waals surface area contributed by atoms with Gasteiger partial charge in [0.15, 0.2) is 5.82 Å². The van der Waals surface area contributed by atoms with Crippen molar-refractivity contribution in [1.82, 2.24) is 9.97 Å². The van der Waals surface area contributed by atoms with Gasteiger partial charge in [0.1, 0.15) is 18.8 Å². The third-order valence-electron chi connectivity index (χ3n) is 3.77. The summed E-state index contributed by atoms with van der Waals surface area (Å²) in [5.41, 5.74) is 1.84. The van der Waals surface area contributed by atoms with Crippen LogP contribution in [0.4, 0.5) is 0 Å². The zero-order valence-electron chi connectivity index (χ0n) is 13.3. The zero-order valence-corrected chi connectivity index (χ0v) is 13.3. The van der Waals surface area contributed by atoms with E-state index in [9.17, 15) is 4.79 Å². The van der Waals surface area contributed by atoms with Crippen LogP contribution in [0.25, 0.3) is 10.9 Å². The van der Waals surface area contributed by atoms with E-state index >= 15 is 0 Å². The van der Waals surface area contributed by atoms with Crippen LogP contribution >= 0.6 is 0 Å². The van der Waals surface area contributed by atoms with E-state index < -0.39 is 0 Å². The van der Waals surface area contributed by atoms with E-state index in [0.717, 1.165) is 17.8 Å². The summed E-state index contributed by atoms with van der Waals surface area (Å²) in [4.78, 5) is 20.8. The molecule has 0 aliphatic heterocycles. The topological polar surface area (TPSA) is 59.4 Å². The molecule has 1 heterocycles. The fourth-order valence-corrected chi connectivity index (χ4v) is 2.70. The number of para-hydroxylation sites is 1. The number of ether oxygens (including phenoxy) is 1. The Balaban J connectivity index is 1.77. The van der Waals surface area contributed by atoms with Gasteiger partial charge < -0.3 is 14.6 Å². The number of rotatable bonds is 5. The second-order valence-corrected chi connectivity index (χ2v) is 5.69. The van der Waals surface area contributed by atoms with Crippen molar-refractivity contribution in [3.63, 3.8) is 0 Å². The summed E-state index contributed by atoms with van der Waals surface area (Å²) in [7, 11) is 3.74. The minimum absolute atomic E-state index is 0.0835. The van der Waals surface area contributed by atoms with Crippen LogP contribution in [0.5, 0.6) is 5.75 Å². The maximum absolute atomic E-state index is 12.1. The molecule has 1 atom stereocenters. The van der Waals surface area contributed by atoms with Crippen molar-refractivity contribution in [1.29, 1.82) is 0 Å². The van der Waals surface area contributed by atoms with E-state index in [-0.39, 0.29) is 5.56 Å². The van der Waals surface area contributed by atoms with E-state index in [1.165, 1.54) is 10.5 Å². The number of nitrogens with zero attached hydrogens (tertiary/aromatic N) is 1. The van der Waals surface area contributed by atoms with Gasteiger partial charge in [-0.25, -0.2) is 4.98 Å². The molecular weight excluding hydrogens is 290 g/mol. The van der Waals surface area contributed by atoms with Crippen LogP contribution in [0.15, 0.2) is 53.3 Å². The maximum atomic E-state index is 12.1. The number of hydrogen-bond donors (Lipinski definition) is 2. The number of aromatic amines is 1. The number of aromatic nitrogens is 2. The smallest absolute Gasteiger partial charge is 0.258 e. The Morgan fingerprint density at radius 1 is 1.13 bits per heavy atom. The van der Waals surface area contributed by atoms with E-state index in [0.29, 0.717) is 17.8 Å². The fourth-order valence-electron chi connectivity index (χ4n) is 2.70. The Morgan fingerprint density at radius 2 is 1.96 bits per heavy atom. The number of fused-ring (bicyclic) bond motifs is 1. The molecular formula is C18H20N3O2+. The molecule has 3 aromatic rings. The predicted molar refractivity (Wildman–Crippen MR) is 89.7 cm³/mol. The molecule has 118 valence electrons. The van der Waals surface area contributed by atoms with Gasteiger partial charge in [-0.3, -0.25) is 4.79 Å². The zero-order chi connectivity index (χ0) is 16.2. The third-order valence-corrected chi connectivity index (χ3v) is 3.77. The Kier molecular flexibility index (Phi) is 4.39. The lowest BCUT2D eigenvalue weighted by Crippen LogP contribution is -3.06. The molecule has 5 heteroatoms. The second kappa shape index (κ2) is 6.62. The molecule has 0 amide bonds. The Labute approximate surface area is 134 Å². The van der Waals surface area contributed by atoms with Crippen LogP contribution < -0.4 is 15.2 Å². The summed E-state index contributed by atoms with van der Waals surface area (Å²) in [5.74, 6) is 1.56. The van der Waals surface area contributed by atoms with Gasteiger partial charge in [0.05, 0.1) is 25.1 Å². The lowest BCUT2D eigenvalue weighted by Gasteiger charge is -2.14. The van der Waals surface area contributed by atoms with Crippen LogP contribution in [0, 0.1) is 0 Å². The normalized spacial score (nSPS) is 12.3. The number of H-pyrrole nitrogens is 1. The summed E-state index contributed by atoms with van der Waals surface area (Å²) in [6, 6.07) is 15.4. The number of methoxy groups -OCH3 is 1. The van der Waals surface area contributed by atoms with Crippen molar-refractivity contribution >= 4 is 10.9 Å². The monoisotopic (exact) mass is 310 g/mol. The number of nitrogens with one attached hydrogen (secondary N) is 2. The molecule has 23 heavy (non-hydrogen) atoms.